The second-order valence-corrected chi connectivity index (χ2v) is 10.4. The lowest BCUT2D eigenvalue weighted by Crippen LogP contribution is -2.44. The lowest BCUT2D eigenvalue weighted by atomic mass is 9.83. The van der Waals surface area contributed by atoms with Gasteiger partial charge < -0.3 is 28.6 Å². The zero-order chi connectivity index (χ0) is 27.9. The molecule has 0 aliphatic carbocycles. The summed E-state index contributed by atoms with van der Waals surface area (Å²) >= 11 is 0. The van der Waals surface area contributed by atoms with Crippen LogP contribution in [0.15, 0.2) is 22.7 Å². The van der Waals surface area contributed by atoms with Gasteiger partial charge in [-0.2, -0.15) is 0 Å². The molecule has 10 heteroatoms. The third-order valence-electron chi connectivity index (χ3n) is 7.72. The van der Waals surface area contributed by atoms with Gasteiger partial charge in [0.1, 0.15) is 5.76 Å². The van der Waals surface area contributed by atoms with Crippen molar-refractivity contribution in [1.29, 1.82) is 0 Å². The Bertz CT molecular complexity index is 1130. The van der Waals surface area contributed by atoms with Crippen molar-refractivity contribution in [1.82, 2.24) is 14.8 Å². The number of carboxylic acids is 1. The number of aromatic nitrogens is 1. The number of carboxylic acid groups (broad SMARTS) is 1. The number of amides is 1. The first-order chi connectivity index (χ1) is 18.9. The minimum absolute atomic E-state index is 0.0434. The Morgan fingerprint density at radius 1 is 1.18 bits per heavy atom. The Labute approximate surface area is 230 Å². The van der Waals surface area contributed by atoms with Crippen LogP contribution in [0.4, 0.5) is 0 Å². The fourth-order valence-electron chi connectivity index (χ4n) is 5.68. The molecule has 1 saturated heterocycles. The average molecular weight is 544 g/mol. The summed E-state index contributed by atoms with van der Waals surface area (Å²) in [5, 5.41) is 10.5. The van der Waals surface area contributed by atoms with Gasteiger partial charge in [-0.25, -0.2) is 4.98 Å². The zero-order valence-corrected chi connectivity index (χ0v) is 23.5. The van der Waals surface area contributed by atoms with Crippen molar-refractivity contribution in [3.63, 3.8) is 0 Å². The number of oxazole rings is 1. The normalized spacial score (nSPS) is 20.4. The second kappa shape index (κ2) is 13.2. The van der Waals surface area contributed by atoms with Gasteiger partial charge in [-0.05, 0) is 43.9 Å². The van der Waals surface area contributed by atoms with Crippen molar-refractivity contribution in [2.24, 2.45) is 5.92 Å². The number of hydrogen-bond donors (Lipinski definition) is 1. The van der Waals surface area contributed by atoms with Crippen molar-refractivity contribution >= 4 is 11.9 Å². The topological polar surface area (TPSA) is 115 Å². The molecule has 2 aromatic rings. The Balaban J connectivity index is 1.63. The van der Waals surface area contributed by atoms with Crippen LogP contribution in [0.2, 0.25) is 0 Å². The van der Waals surface area contributed by atoms with E-state index in [9.17, 15) is 14.7 Å². The molecule has 1 aromatic heterocycles. The highest BCUT2D eigenvalue weighted by Gasteiger charge is 2.47. The van der Waals surface area contributed by atoms with Crippen LogP contribution in [-0.4, -0.2) is 77.9 Å². The summed E-state index contributed by atoms with van der Waals surface area (Å²) in [6.07, 6.45) is 6.56. The maximum absolute atomic E-state index is 13.6. The van der Waals surface area contributed by atoms with Crippen LogP contribution >= 0.6 is 0 Å². The summed E-state index contributed by atoms with van der Waals surface area (Å²) in [5.41, 5.74) is 0.796. The molecule has 2 aliphatic rings. The number of likely N-dealkylation sites (tertiary alicyclic amines) is 1. The largest absolute Gasteiger partial charge is 0.493 e. The van der Waals surface area contributed by atoms with E-state index in [0.717, 1.165) is 31.2 Å². The highest BCUT2D eigenvalue weighted by molar-refractivity contribution is 5.79. The maximum Gasteiger partial charge on any atom is 0.308 e. The number of fused-ring (bicyclic) bond motifs is 1. The molecule has 1 amide bonds. The molecule has 0 radical (unpaired) electrons. The number of carbonyl (C=O) groups excluding carboxylic acids is 1. The van der Waals surface area contributed by atoms with Gasteiger partial charge in [0, 0.05) is 38.0 Å². The van der Waals surface area contributed by atoms with Gasteiger partial charge in [-0.15, -0.1) is 0 Å². The fourth-order valence-corrected chi connectivity index (χ4v) is 5.68. The molecule has 3 heterocycles. The van der Waals surface area contributed by atoms with Gasteiger partial charge in [0.2, 0.25) is 18.4 Å². The van der Waals surface area contributed by atoms with Crippen molar-refractivity contribution in [3.8, 4) is 17.2 Å². The molecule has 0 spiro atoms. The third-order valence-corrected chi connectivity index (χ3v) is 7.72. The summed E-state index contributed by atoms with van der Waals surface area (Å²) in [5.74, 6) is 0.909. The van der Waals surface area contributed by atoms with E-state index in [4.69, 9.17) is 18.6 Å². The highest BCUT2D eigenvalue weighted by atomic mass is 16.7. The van der Waals surface area contributed by atoms with E-state index in [1.807, 2.05) is 28.9 Å². The number of aliphatic carboxylic acids is 1. The van der Waals surface area contributed by atoms with Crippen molar-refractivity contribution in [3.05, 3.63) is 35.5 Å². The highest BCUT2D eigenvalue weighted by Crippen LogP contribution is 2.47. The molecule has 39 heavy (non-hydrogen) atoms. The van der Waals surface area contributed by atoms with Gasteiger partial charge in [-0.3, -0.25) is 14.5 Å². The van der Waals surface area contributed by atoms with Gasteiger partial charge in [0.05, 0.1) is 25.8 Å². The van der Waals surface area contributed by atoms with E-state index >= 15 is 0 Å². The van der Waals surface area contributed by atoms with E-state index in [0.29, 0.717) is 61.4 Å². The second-order valence-electron chi connectivity index (χ2n) is 10.4. The Morgan fingerprint density at radius 2 is 1.92 bits per heavy atom. The number of hydrogen-bond acceptors (Lipinski definition) is 8. The summed E-state index contributed by atoms with van der Waals surface area (Å²) in [6, 6.07) is 3.31. The summed E-state index contributed by atoms with van der Waals surface area (Å²) in [6.45, 7) is 8.19. The molecule has 214 valence electrons. The molecule has 1 unspecified atom stereocenters. The van der Waals surface area contributed by atoms with E-state index in [2.05, 4.69) is 18.8 Å². The molecule has 3 atom stereocenters. The smallest absolute Gasteiger partial charge is 0.308 e. The van der Waals surface area contributed by atoms with E-state index in [1.54, 1.807) is 13.3 Å². The molecular weight excluding hydrogens is 502 g/mol. The molecule has 0 bridgehead atoms. The first-order valence-electron chi connectivity index (χ1n) is 14.0. The van der Waals surface area contributed by atoms with Crippen LogP contribution in [0, 0.1) is 12.8 Å². The summed E-state index contributed by atoms with van der Waals surface area (Å²) in [4.78, 5) is 34.7. The van der Waals surface area contributed by atoms with E-state index in [1.165, 1.54) is 0 Å². The lowest BCUT2D eigenvalue weighted by Gasteiger charge is -2.29. The van der Waals surface area contributed by atoms with Crippen LogP contribution < -0.4 is 14.2 Å². The van der Waals surface area contributed by atoms with Crippen molar-refractivity contribution in [2.75, 3.05) is 40.1 Å². The van der Waals surface area contributed by atoms with Crippen LogP contribution in [-0.2, 0) is 16.0 Å². The zero-order valence-electron chi connectivity index (χ0n) is 23.5. The van der Waals surface area contributed by atoms with Crippen LogP contribution in [0.3, 0.4) is 0 Å². The number of carbonyl (C=O) groups is 2. The van der Waals surface area contributed by atoms with E-state index in [-0.39, 0.29) is 31.2 Å². The van der Waals surface area contributed by atoms with Gasteiger partial charge in [0.25, 0.3) is 0 Å². The molecule has 2 aliphatic heterocycles. The average Bonchev–Trinajstić information content (AvgIpc) is 3.65. The monoisotopic (exact) mass is 543 g/mol. The molecular formula is C29H41N3O7. The number of aryl methyl sites for hydroxylation is 2. The molecule has 1 aromatic carbocycles. The number of nitrogens with zero attached hydrogens (tertiary/aromatic N) is 3. The minimum Gasteiger partial charge on any atom is -0.493 e. The first kappa shape index (κ1) is 28.7. The Kier molecular flexibility index (Phi) is 9.72. The number of unbranched alkanes of at least 4 members (excludes halogenated alkanes) is 2. The van der Waals surface area contributed by atoms with Crippen molar-refractivity contribution < 1.29 is 33.3 Å². The number of benzene rings is 1. The predicted octanol–water partition coefficient (Wildman–Crippen LogP) is 4.25. The number of methoxy groups -OCH3 is 1. The lowest BCUT2D eigenvalue weighted by molar-refractivity contribution is -0.143. The molecule has 4 rings (SSSR count). The minimum atomic E-state index is -0.894. The molecule has 1 fully saturated rings. The van der Waals surface area contributed by atoms with E-state index < -0.39 is 11.9 Å². The Hall–Kier alpha value is -3.27. The number of ether oxygens (including phenoxy) is 3. The molecule has 1 N–H and O–H groups in total. The van der Waals surface area contributed by atoms with Gasteiger partial charge in [0.15, 0.2) is 17.4 Å². The van der Waals surface area contributed by atoms with Crippen LogP contribution in [0.25, 0.3) is 0 Å². The quantitative estimate of drug-likeness (QED) is 0.373. The van der Waals surface area contributed by atoms with Crippen LogP contribution in [0.1, 0.15) is 69.1 Å². The fraction of sp³-hybridized carbons (Fsp3) is 0.621. The van der Waals surface area contributed by atoms with Crippen molar-refractivity contribution in [2.45, 2.75) is 71.3 Å². The van der Waals surface area contributed by atoms with Gasteiger partial charge in [-0.1, -0.05) is 26.7 Å². The third kappa shape index (κ3) is 6.66. The SMILES string of the molecule is CCCCN(CCCC)C(=O)CN1C[C@H](c2cc(OC)c3c(c2)OCO3)C(C(=O)O)[C@@H]1CCc1ncc(C)o1. The number of rotatable bonds is 14. The standard InChI is InChI=1S/C29H41N3O7/c1-5-7-11-31(12-8-6-2)26(33)17-32-16-21(20-13-23(36-4)28-24(14-20)37-18-38-28)27(29(34)35)22(32)9-10-25-30-15-19(3)39-25/h13-15,21-22,27H,5-12,16-18H2,1-4H3,(H,34,35)/t21-,22+,27?/m1/s1. The summed E-state index contributed by atoms with van der Waals surface area (Å²) in [7, 11) is 1.55. The maximum atomic E-state index is 13.6. The predicted molar refractivity (Wildman–Crippen MR) is 144 cm³/mol. The Morgan fingerprint density at radius 3 is 2.54 bits per heavy atom. The molecule has 0 saturated carbocycles. The molecule has 10 nitrogen and oxygen atoms in total. The first-order valence-corrected chi connectivity index (χ1v) is 14.0. The summed E-state index contributed by atoms with van der Waals surface area (Å²) < 4.78 is 22.4. The van der Waals surface area contributed by atoms with Gasteiger partial charge >= 0.3 is 5.97 Å². The van der Waals surface area contributed by atoms with Crippen LogP contribution in [0.5, 0.6) is 17.2 Å².